The normalized spacial score (nSPS) is 15.9. The van der Waals surface area contributed by atoms with E-state index < -0.39 is 12.0 Å². The van der Waals surface area contributed by atoms with Crippen LogP contribution >= 0.6 is 0 Å². The molecule has 0 fully saturated rings. The summed E-state index contributed by atoms with van der Waals surface area (Å²) in [6.45, 7) is 4.14. The fourth-order valence-electron chi connectivity index (χ4n) is 3.64. The second-order valence-corrected chi connectivity index (χ2v) is 7.02. The molecule has 1 atom stereocenters. The third-order valence-electron chi connectivity index (χ3n) is 5.10. The summed E-state index contributed by atoms with van der Waals surface area (Å²) in [7, 11) is 0. The molecule has 1 aliphatic heterocycles. The fourth-order valence-corrected chi connectivity index (χ4v) is 3.64. The van der Waals surface area contributed by atoms with E-state index in [0.29, 0.717) is 24.1 Å². The second kappa shape index (κ2) is 7.74. The molecule has 2 aromatic carbocycles. The number of benzene rings is 2. The van der Waals surface area contributed by atoms with Gasteiger partial charge in [0.2, 0.25) is 5.91 Å². The van der Waals surface area contributed by atoms with Gasteiger partial charge in [0.1, 0.15) is 0 Å². The second-order valence-electron chi connectivity index (χ2n) is 7.02. The SMILES string of the molecule is Cc1ccc(C)c(C(=O)CCC(=O)N2CCc3ccccc3C2C(=O)O)c1. The monoisotopic (exact) mass is 365 g/mol. The molecule has 0 spiro atoms. The lowest BCUT2D eigenvalue weighted by Crippen LogP contribution is -2.43. The van der Waals surface area contributed by atoms with Crippen LogP contribution in [0.1, 0.15) is 51.5 Å². The Hall–Kier alpha value is -2.95. The van der Waals surface area contributed by atoms with Crippen molar-refractivity contribution in [1.29, 1.82) is 0 Å². The number of amides is 1. The van der Waals surface area contributed by atoms with Gasteiger partial charge in [0.15, 0.2) is 11.8 Å². The molecule has 0 saturated carbocycles. The van der Waals surface area contributed by atoms with Crippen LogP contribution in [0.25, 0.3) is 0 Å². The summed E-state index contributed by atoms with van der Waals surface area (Å²) in [5.74, 6) is -1.43. The highest BCUT2D eigenvalue weighted by Crippen LogP contribution is 2.30. The standard InChI is InChI=1S/C22H23NO4/c1-14-7-8-15(2)18(13-14)19(24)9-10-20(25)23-12-11-16-5-3-4-6-17(16)21(23)22(26)27/h3-8,13,21H,9-12H2,1-2H3,(H,26,27). The van der Waals surface area contributed by atoms with Gasteiger partial charge in [-0.05, 0) is 43.0 Å². The van der Waals surface area contributed by atoms with Crippen LogP contribution in [-0.4, -0.2) is 34.2 Å². The van der Waals surface area contributed by atoms with E-state index in [1.807, 2.05) is 44.2 Å². The first-order chi connectivity index (χ1) is 12.9. The minimum absolute atomic E-state index is 0.0121. The van der Waals surface area contributed by atoms with E-state index in [9.17, 15) is 19.5 Å². The first-order valence-electron chi connectivity index (χ1n) is 9.09. The minimum atomic E-state index is -1.05. The van der Waals surface area contributed by atoms with Crippen LogP contribution in [0.5, 0.6) is 0 Å². The number of ketones is 1. The Morgan fingerprint density at radius 2 is 1.81 bits per heavy atom. The Labute approximate surface area is 158 Å². The van der Waals surface area contributed by atoms with Gasteiger partial charge in [-0.25, -0.2) is 4.79 Å². The number of Topliss-reactive ketones (excluding diaryl/α,β-unsaturated/α-hetero) is 1. The highest BCUT2D eigenvalue weighted by atomic mass is 16.4. The predicted molar refractivity (Wildman–Crippen MR) is 102 cm³/mol. The van der Waals surface area contributed by atoms with E-state index in [1.165, 1.54) is 4.90 Å². The van der Waals surface area contributed by atoms with Gasteiger partial charge in [0, 0.05) is 24.9 Å². The summed E-state index contributed by atoms with van der Waals surface area (Å²) >= 11 is 0. The number of rotatable bonds is 5. The van der Waals surface area contributed by atoms with Crippen LogP contribution in [0.15, 0.2) is 42.5 Å². The molecule has 5 nitrogen and oxygen atoms in total. The molecule has 3 rings (SSSR count). The third kappa shape index (κ3) is 3.92. The first kappa shape index (κ1) is 18.8. The van der Waals surface area contributed by atoms with Gasteiger partial charge in [-0.3, -0.25) is 9.59 Å². The molecule has 140 valence electrons. The van der Waals surface area contributed by atoms with Crippen LogP contribution in [-0.2, 0) is 16.0 Å². The molecule has 1 amide bonds. The predicted octanol–water partition coefficient (Wildman–Crippen LogP) is 3.48. The van der Waals surface area contributed by atoms with Gasteiger partial charge >= 0.3 is 5.97 Å². The summed E-state index contributed by atoms with van der Waals surface area (Å²) in [5, 5.41) is 9.67. The number of hydrogen-bond acceptors (Lipinski definition) is 3. The van der Waals surface area contributed by atoms with Crippen molar-refractivity contribution in [3.8, 4) is 0 Å². The number of fused-ring (bicyclic) bond motifs is 1. The Balaban J connectivity index is 1.73. The smallest absolute Gasteiger partial charge is 0.331 e. The maximum Gasteiger partial charge on any atom is 0.331 e. The molecular formula is C22H23NO4. The van der Waals surface area contributed by atoms with E-state index >= 15 is 0 Å². The fraction of sp³-hybridized carbons (Fsp3) is 0.318. The van der Waals surface area contributed by atoms with Crippen molar-refractivity contribution in [1.82, 2.24) is 4.90 Å². The molecule has 0 aliphatic carbocycles. The Morgan fingerprint density at radius 1 is 1.07 bits per heavy atom. The molecule has 2 aromatic rings. The zero-order valence-electron chi connectivity index (χ0n) is 15.6. The number of aliphatic carboxylic acids is 1. The third-order valence-corrected chi connectivity index (χ3v) is 5.10. The van der Waals surface area contributed by atoms with Crippen molar-refractivity contribution >= 4 is 17.7 Å². The van der Waals surface area contributed by atoms with Crippen LogP contribution < -0.4 is 0 Å². The molecule has 0 bridgehead atoms. The van der Waals surface area contributed by atoms with E-state index in [0.717, 1.165) is 16.7 Å². The van der Waals surface area contributed by atoms with Crippen molar-refractivity contribution in [2.45, 2.75) is 39.2 Å². The molecular weight excluding hydrogens is 342 g/mol. The van der Waals surface area contributed by atoms with Crippen molar-refractivity contribution < 1.29 is 19.5 Å². The van der Waals surface area contributed by atoms with Gasteiger partial charge < -0.3 is 10.0 Å². The van der Waals surface area contributed by atoms with Crippen molar-refractivity contribution in [2.24, 2.45) is 0 Å². The Bertz CT molecular complexity index is 903. The topological polar surface area (TPSA) is 74.7 Å². The highest BCUT2D eigenvalue weighted by molar-refractivity contribution is 5.99. The molecule has 1 aliphatic rings. The molecule has 1 unspecified atom stereocenters. The van der Waals surface area contributed by atoms with Crippen LogP contribution in [0, 0.1) is 13.8 Å². The van der Waals surface area contributed by atoms with Crippen LogP contribution in [0.2, 0.25) is 0 Å². The Kier molecular flexibility index (Phi) is 5.40. The average molecular weight is 365 g/mol. The molecule has 5 heteroatoms. The zero-order chi connectivity index (χ0) is 19.6. The van der Waals surface area contributed by atoms with Crippen molar-refractivity contribution in [2.75, 3.05) is 6.54 Å². The summed E-state index contributed by atoms with van der Waals surface area (Å²) < 4.78 is 0. The number of carbonyl (C=O) groups excluding carboxylic acids is 2. The molecule has 0 radical (unpaired) electrons. The summed E-state index contributed by atoms with van der Waals surface area (Å²) in [6.07, 6.45) is 0.711. The number of carboxylic acids is 1. The lowest BCUT2D eigenvalue weighted by molar-refractivity contribution is -0.151. The quantitative estimate of drug-likeness (QED) is 0.823. The van der Waals surface area contributed by atoms with Gasteiger partial charge in [-0.15, -0.1) is 0 Å². The van der Waals surface area contributed by atoms with Crippen molar-refractivity contribution in [3.05, 3.63) is 70.3 Å². The number of carbonyl (C=O) groups is 3. The minimum Gasteiger partial charge on any atom is -0.479 e. The number of carboxylic acid groups (broad SMARTS) is 1. The maximum atomic E-state index is 12.7. The van der Waals surface area contributed by atoms with Crippen LogP contribution in [0.4, 0.5) is 0 Å². The van der Waals surface area contributed by atoms with E-state index in [1.54, 1.807) is 12.1 Å². The van der Waals surface area contributed by atoms with E-state index in [4.69, 9.17) is 0 Å². The zero-order valence-corrected chi connectivity index (χ0v) is 15.6. The molecule has 1 heterocycles. The molecule has 27 heavy (non-hydrogen) atoms. The van der Waals surface area contributed by atoms with Crippen LogP contribution in [0.3, 0.4) is 0 Å². The first-order valence-corrected chi connectivity index (χ1v) is 9.09. The highest BCUT2D eigenvalue weighted by Gasteiger charge is 2.35. The largest absolute Gasteiger partial charge is 0.479 e. The van der Waals surface area contributed by atoms with E-state index in [-0.39, 0.29) is 24.5 Å². The maximum absolute atomic E-state index is 12.7. The number of nitrogens with zero attached hydrogens (tertiary/aromatic N) is 1. The van der Waals surface area contributed by atoms with Gasteiger partial charge in [-0.1, -0.05) is 42.0 Å². The summed E-state index contributed by atoms with van der Waals surface area (Å²) in [5.41, 5.74) is 4.12. The lowest BCUT2D eigenvalue weighted by atomic mass is 9.92. The van der Waals surface area contributed by atoms with Crippen molar-refractivity contribution in [3.63, 3.8) is 0 Å². The lowest BCUT2D eigenvalue weighted by Gasteiger charge is -2.34. The molecule has 0 saturated heterocycles. The molecule has 0 aromatic heterocycles. The Morgan fingerprint density at radius 3 is 2.56 bits per heavy atom. The van der Waals surface area contributed by atoms with Gasteiger partial charge in [0.05, 0.1) is 0 Å². The summed E-state index contributed by atoms with van der Waals surface area (Å²) in [4.78, 5) is 38.5. The summed E-state index contributed by atoms with van der Waals surface area (Å²) in [6, 6.07) is 12.0. The number of aryl methyl sites for hydroxylation is 2. The van der Waals surface area contributed by atoms with Gasteiger partial charge in [0.25, 0.3) is 0 Å². The van der Waals surface area contributed by atoms with E-state index in [2.05, 4.69) is 0 Å². The van der Waals surface area contributed by atoms with Gasteiger partial charge in [-0.2, -0.15) is 0 Å². The number of hydrogen-bond donors (Lipinski definition) is 1. The molecule has 1 N–H and O–H groups in total. The average Bonchev–Trinajstić information content (AvgIpc) is 2.66.